The van der Waals surface area contributed by atoms with Crippen molar-refractivity contribution in [1.82, 2.24) is 0 Å². The van der Waals surface area contributed by atoms with E-state index in [0.717, 1.165) is 11.1 Å². The molecule has 0 saturated carbocycles. The number of rotatable bonds is 3. The molecule has 2 N–H and O–H groups in total. The first-order valence-electron chi connectivity index (χ1n) is 6.46. The van der Waals surface area contributed by atoms with E-state index in [-0.39, 0.29) is 12.4 Å². The first kappa shape index (κ1) is 15.4. The SMILES string of the molecule is Cc1cc(C#CCN)ccc1OCc1cc(Cl)ccc1F. The molecule has 108 valence electrons. The molecule has 0 aliphatic carbocycles. The highest BCUT2D eigenvalue weighted by Gasteiger charge is 2.06. The molecule has 0 amide bonds. The molecule has 0 aliphatic heterocycles. The van der Waals surface area contributed by atoms with Gasteiger partial charge in [-0.1, -0.05) is 23.4 Å². The van der Waals surface area contributed by atoms with Crippen molar-refractivity contribution >= 4 is 11.6 Å². The Morgan fingerprint density at radius 2 is 2.05 bits per heavy atom. The van der Waals surface area contributed by atoms with Gasteiger partial charge in [0.25, 0.3) is 0 Å². The number of nitrogens with two attached hydrogens (primary N) is 1. The fraction of sp³-hybridized carbons (Fsp3) is 0.176. The van der Waals surface area contributed by atoms with Crippen LogP contribution in [0.15, 0.2) is 36.4 Å². The summed E-state index contributed by atoms with van der Waals surface area (Å²) in [5, 5.41) is 0.485. The van der Waals surface area contributed by atoms with Crippen molar-refractivity contribution in [3.8, 4) is 17.6 Å². The van der Waals surface area contributed by atoms with Gasteiger partial charge in [-0.25, -0.2) is 4.39 Å². The molecule has 0 spiro atoms. The van der Waals surface area contributed by atoms with Crippen LogP contribution in [0.3, 0.4) is 0 Å². The normalized spacial score (nSPS) is 9.90. The molecule has 0 unspecified atom stereocenters. The minimum Gasteiger partial charge on any atom is -0.489 e. The smallest absolute Gasteiger partial charge is 0.129 e. The first-order chi connectivity index (χ1) is 10.1. The van der Waals surface area contributed by atoms with Gasteiger partial charge in [0, 0.05) is 16.1 Å². The summed E-state index contributed by atoms with van der Waals surface area (Å²) < 4.78 is 19.3. The molecule has 21 heavy (non-hydrogen) atoms. The Morgan fingerprint density at radius 3 is 2.76 bits per heavy atom. The maximum absolute atomic E-state index is 13.6. The van der Waals surface area contributed by atoms with E-state index < -0.39 is 0 Å². The molecule has 0 aliphatic rings. The van der Waals surface area contributed by atoms with Gasteiger partial charge in [0.2, 0.25) is 0 Å². The molecule has 0 saturated heterocycles. The lowest BCUT2D eigenvalue weighted by molar-refractivity contribution is 0.298. The van der Waals surface area contributed by atoms with Crippen LogP contribution in [0.2, 0.25) is 5.02 Å². The Morgan fingerprint density at radius 1 is 1.24 bits per heavy atom. The maximum atomic E-state index is 13.6. The van der Waals surface area contributed by atoms with Gasteiger partial charge < -0.3 is 10.5 Å². The van der Waals surface area contributed by atoms with Crippen LogP contribution in [-0.2, 0) is 6.61 Å². The number of halogens is 2. The van der Waals surface area contributed by atoms with Gasteiger partial charge in [-0.05, 0) is 48.9 Å². The van der Waals surface area contributed by atoms with E-state index in [1.54, 1.807) is 6.07 Å². The second-order valence-electron chi connectivity index (χ2n) is 4.51. The Bertz CT molecular complexity index is 704. The van der Waals surface area contributed by atoms with E-state index in [4.69, 9.17) is 22.1 Å². The summed E-state index contributed by atoms with van der Waals surface area (Å²) in [7, 11) is 0. The minimum absolute atomic E-state index is 0.126. The van der Waals surface area contributed by atoms with Gasteiger partial charge >= 0.3 is 0 Å². The molecule has 0 bridgehead atoms. The van der Waals surface area contributed by atoms with Crippen molar-refractivity contribution in [1.29, 1.82) is 0 Å². The van der Waals surface area contributed by atoms with Crippen molar-refractivity contribution < 1.29 is 9.13 Å². The van der Waals surface area contributed by atoms with Crippen LogP contribution in [0.4, 0.5) is 4.39 Å². The lowest BCUT2D eigenvalue weighted by atomic mass is 10.1. The molecule has 0 atom stereocenters. The highest BCUT2D eigenvalue weighted by atomic mass is 35.5. The quantitative estimate of drug-likeness (QED) is 0.878. The Kier molecular flexibility index (Phi) is 5.21. The third kappa shape index (κ3) is 4.22. The van der Waals surface area contributed by atoms with Crippen LogP contribution in [-0.4, -0.2) is 6.54 Å². The van der Waals surface area contributed by atoms with Gasteiger partial charge in [-0.3, -0.25) is 0 Å². The zero-order valence-electron chi connectivity index (χ0n) is 11.6. The number of aryl methyl sites for hydroxylation is 1. The van der Waals surface area contributed by atoms with Gasteiger partial charge in [-0.2, -0.15) is 0 Å². The van der Waals surface area contributed by atoms with Crippen molar-refractivity contribution in [3.05, 3.63) is 63.9 Å². The molecular weight excluding hydrogens is 289 g/mol. The lowest BCUT2D eigenvalue weighted by Crippen LogP contribution is -2.00. The molecule has 0 radical (unpaired) electrons. The lowest BCUT2D eigenvalue weighted by Gasteiger charge is -2.10. The van der Waals surface area contributed by atoms with Crippen LogP contribution in [0, 0.1) is 24.6 Å². The van der Waals surface area contributed by atoms with Gasteiger partial charge in [0.15, 0.2) is 0 Å². The molecule has 2 aromatic rings. The summed E-state index contributed by atoms with van der Waals surface area (Å²) in [5.41, 5.74) is 7.57. The van der Waals surface area contributed by atoms with Crippen molar-refractivity contribution in [2.75, 3.05) is 6.54 Å². The summed E-state index contributed by atoms with van der Waals surface area (Å²) in [6.07, 6.45) is 0. The number of ether oxygens (including phenoxy) is 1. The zero-order valence-corrected chi connectivity index (χ0v) is 12.4. The predicted octanol–water partition coefficient (Wildman–Crippen LogP) is 3.68. The van der Waals surface area contributed by atoms with E-state index in [1.807, 2.05) is 25.1 Å². The fourth-order valence-corrected chi connectivity index (χ4v) is 2.05. The van der Waals surface area contributed by atoms with E-state index in [9.17, 15) is 4.39 Å². The predicted molar refractivity (Wildman–Crippen MR) is 82.9 cm³/mol. The molecule has 2 aromatic carbocycles. The van der Waals surface area contributed by atoms with Crippen LogP contribution in [0.5, 0.6) is 5.75 Å². The number of benzene rings is 2. The second kappa shape index (κ2) is 7.12. The number of hydrogen-bond acceptors (Lipinski definition) is 2. The van der Waals surface area contributed by atoms with E-state index in [0.29, 0.717) is 22.9 Å². The topological polar surface area (TPSA) is 35.2 Å². The number of hydrogen-bond donors (Lipinski definition) is 1. The molecule has 0 heterocycles. The van der Waals surface area contributed by atoms with E-state index >= 15 is 0 Å². The minimum atomic E-state index is -0.331. The zero-order chi connectivity index (χ0) is 15.2. The standard InChI is InChI=1S/C17H15ClFNO/c1-12-9-13(3-2-8-20)4-7-17(12)21-11-14-10-15(18)5-6-16(14)19/h4-7,9-10H,8,11,20H2,1H3. The Hall–Kier alpha value is -2.02. The molecule has 2 nitrogen and oxygen atoms in total. The molecule has 4 heteroatoms. The molecule has 0 fully saturated rings. The largest absolute Gasteiger partial charge is 0.489 e. The van der Waals surface area contributed by atoms with Crippen LogP contribution < -0.4 is 10.5 Å². The van der Waals surface area contributed by atoms with E-state index in [2.05, 4.69) is 11.8 Å². The highest BCUT2D eigenvalue weighted by molar-refractivity contribution is 6.30. The van der Waals surface area contributed by atoms with Crippen LogP contribution in [0.25, 0.3) is 0 Å². The highest BCUT2D eigenvalue weighted by Crippen LogP contribution is 2.22. The van der Waals surface area contributed by atoms with Crippen molar-refractivity contribution in [2.24, 2.45) is 5.73 Å². The molecular formula is C17H15ClFNO. The molecule has 0 aromatic heterocycles. The maximum Gasteiger partial charge on any atom is 0.129 e. The van der Waals surface area contributed by atoms with Gasteiger partial charge in [0.1, 0.15) is 18.2 Å². The van der Waals surface area contributed by atoms with Gasteiger partial charge in [-0.15, -0.1) is 0 Å². The third-order valence-electron chi connectivity index (χ3n) is 2.90. The Labute approximate surface area is 128 Å². The first-order valence-corrected chi connectivity index (χ1v) is 6.84. The van der Waals surface area contributed by atoms with Crippen LogP contribution >= 0.6 is 11.6 Å². The fourth-order valence-electron chi connectivity index (χ4n) is 1.85. The second-order valence-corrected chi connectivity index (χ2v) is 4.95. The Balaban J connectivity index is 2.11. The van der Waals surface area contributed by atoms with E-state index in [1.165, 1.54) is 12.1 Å². The van der Waals surface area contributed by atoms with Crippen molar-refractivity contribution in [2.45, 2.75) is 13.5 Å². The third-order valence-corrected chi connectivity index (χ3v) is 3.14. The van der Waals surface area contributed by atoms with Crippen LogP contribution in [0.1, 0.15) is 16.7 Å². The molecule has 2 rings (SSSR count). The summed E-state index contributed by atoms with van der Waals surface area (Å²) in [5.74, 6) is 6.11. The summed E-state index contributed by atoms with van der Waals surface area (Å²) >= 11 is 5.85. The average Bonchev–Trinajstić information content (AvgIpc) is 2.47. The van der Waals surface area contributed by atoms with Crippen molar-refractivity contribution in [3.63, 3.8) is 0 Å². The monoisotopic (exact) mass is 303 g/mol. The average molecular weight is 304 g/mol. The van der Waals surface area contributed by atoms with Gasteiger partial charge in [0.05, 0.1) is 6.54 Å². The summed E-state index contributed by atoms with van der Waals surface area (Å²) in [6, 6.07) is 9.98. The summed E-state index contributed by atoms with van der Waals surface area (Å²) in [4.78, 5) is 0. The summed E-state index contributed by atoms with van der Waals surface area (Å²) in [6.45, 7) is 2.36.